The van der Waals surface area contributed by atoms with Gasteiger partial charge in [-0.05, 0) is 38.3 Å². The summed E-state index contributed by atoms with van der Waals surface area (Å²) in [6, 6.07) is 4.12. The molecule has 1 aliphatic rings. The number of amides is 1. The van der Waals surface area contributed by atoms with Crippen molar-refractivity contribution in [3.8, 4) is 0 Å². The molecule has 0 saturated heterocycles. The van der Waals surface area contributed by atoms with Crippen LogP contribution in [0.15, 0.2) is 12.1 Å². The molecule has 4 nitrogen and oxygen atoms in total. The van der Waals surface area contributed by atoms with Crippen LogP contribution in [-0.4, -0.2) is 16.1 Å². The lowest BCUT2D eigenvalue weighted by atomic mass is 10.2. The van der Waals surface area contributed by atoms with Crippen molar-refractivity contribution < 1.29 is 4.79 Å². The van der Waals surface area contributed by atoms with Gasteiger partial charge in [0, 0.05) is 21.0 Å². The van der Waals surface area contributed by atoms with E-state index in [1.807, 2.05) is 0 Å². The van der Waals surface area contributed by atoms with Gasteiger partial charge < -0.3 is 5.32 Å². The number of thiophene rings is 1. The number of aromatic amines is 1. The monoisotopic (exact) mass is 261 g/mol. The van der Waals surface area contributed by atoms with E-state index >= 15 is 0 Å². The van der Waals surface area contributed by atoms with E-state index in [4.69, 9.17) is 0 Å². The van der Waals surface area contributed by atoms with Gasteiger partial charge in [-0.25, -0.2) is 0 Å². The summed E-state index contributed by atoms with van der Waals surface area (Å²) in [4.78, 5) is 14.5. The molecule has 94 valence electrons. The highest BCUT2D eigenvalue weighted by Crippen LogP contribution is 2.22. The average molecular weight is 261 g/mol. The molecule has 0 saturated carbocycles. The topological polar surface area (TPSA) is 57.8 Å². The van der Waals surface area contributed by atoms with E-state index in [0.717, 1.165) is 30.5 Å². The Bertz CT molecular complexity index is 585. The maximum absolute atomic E-state index is 12.1. The minimum Gasteiger partial charge on any atom is -0.346 e. The van der Waals surface area contributed by atoms with Crippen molar-refractivity contribution in [1.82, 2.24) is 15.5 Å². The number of aryl methyl sites for hydroxylation is 2. The molecule has 5 heteroatoms. The number of rotatable bonds is 3. The molecule has 0 atom stereocenters. The molecular formula is C13H15N3OS. The summed E-state index contributed by atoms with van der Waals surface area (Å²) in [7, 11) is 0. The van der Waals surface area contributed by atoms with Gasteiger partial charge in [0.2, 0.25) is 0 Å². The average Bonchev–Trinajstić information content (AvgIpc) is 3.01. The quantitative estimate of drug-likeness (QED) is 0.890. The van der Waals surface area contributed by atoms with Crippen LogP contribution in [0.5, 0.6) is 0 Å². The van der Waals surface area contributed by atoms with Crippen LogP contribution in [0.3, 0.4) is 0 Å². The number of carbonyl (C=O) groups is 1. The third-order valence-electron chi connectivity index (χ3n) is 3.24. The first-order valence-corrected chi connectivity index (χ1v) is 6.95. The number of nitrogens with one attached hydrogen (secondary N) is 2. The molecule has 2 N–H and O–H groups in total. The predicted molar refractivity (Wildman–Crippen MR) is 70.8 cm³/mol. The first-order valence-electron chi connectivity index (χ1n) is 6.13. The number of carbonyl (C=O) groups excluding carboxylic acids is 1. The van der Waals surface area contributed by atoms with Crippen molar-refractivity contribution >= 4 is 17.2 Å². The van der Waals surface area contributed by atoms with Crippen LogP contribution in [0.2, 0.25) is 0 Å². The van der Waals surface area contributed by atoms with Crippen molar-refractivity contribution in [2.75, 3.05) is 0 Å². The van der Waals surface area contributed by atoms with Crippen LogP contribution in [0, 0.1) is 6.92 Å². The fourth-order valence-electron chi connectivity index (χ4n) is 2.34. The Kier molecular flexibility index (Phi) is 2.91. The Balaban J connectivity index is 1.68. The van der Waals surface area contributed by atoms with Gasteiger partial charge in [-0.3, -0.25) is 9.89 Å². The van der Waals surface area contributed by atoms with E-state index in [1.54, 1.807) is 11.3 Å². The summed E-state index contributed by atoms with van der Waals surface area (Å²) in [6.45, 7) is 2.65. The van der Waals surface area contributed by atoms with Gasteiger partial charge in [-0.2, -0.15) is 5.10 Å². The van der Waals surface area contributed by atoms with E-state index in [2.05, 4.69) is 34.6 Å². The second kappa shape index (κ2) is 4.57. The molecular weight excluding hydrogens is 246 g/mol. The van der Waals surface area contributed by atoms with E-state index in [1.165, 1.54) is 9.75 Å². The van der Waals surface area contributed by atoms with Crippen LogP contribution in [0.1, 0.15) is 37.9 Å². The van der Waals surface area contributed by atoms with Gasteiger partial charge in [0.05, 0.1) is 6.54 Å². The lowest BCUT2D eigenvalue weighted by Gasteiger charge is -2.02. The van der Waals surface area contributed by atoms with E-state index in [0.29, 0.717) is 12.2 Å². The molecule has 1 amide bonds. The van der Waals surface area contributed by atoms with Gasteiger partial charge in [-0.1, -0.05) is 0 Å². The first kappa shape index (κ1) is 11.5. The highest BCUT2D eigenvalue weighted by Gasteiger charge is 2.22. The molecule has 0 aromatic carbocycles. The molecule has 0 aliphatic heterocycles. The third-order valence-corrected chi connectivity index (χ3v) is 4.24. The van der Waals surface area contributed by atoms with E-state index in [9.17, 15) is 4.79 Å². The van der Waals surface area contributed by atoms with E-state index < -0.39 is 0 Å². The van der Waals surface area contributed by atoms with Crippen molar-refractivity contribution in [3.63, 3.8) is 0 Å². The van der Waals surface area contributed by atoms with Crippen LogP contribution < -0.4 is 5.32 Å². The molecule has 3 rings (SSSR count). The summed E-state index contributed by atoms with van der Waals surface area (Å²) in [5.41, 5.74) is 2.82. The van der Waals surface area contributed by atoms with Gasteiger partial charge in [0.1, 0.15) is 0 Å². The maximum atomic E-state index is 12.1. The fraction of sp³-hybridized carbons (Fsp3) is 0.385. The smallest absolute Gasteiger partial charge is 0.272 e. The summed E-state index contributed by atoms with van der Waals surface area (Å²) in [5, 5.41) is 10.0. The number of hydrogen-bond acceptors (Lipinski definition) is 3. The summed E-state index contributed by atoms with van der Waals surface area (Å²) >= 11 is 1.71. The third kappa shape index (κ3) is 2.06. The summed E-state index contributed by atoms with van der Waals surface area (Å²) in [5.74, 6) is -0.0690. The lowest BCUT2D eigenvalue weighted by molar-refractivity contribution is 0.0945. The highest BCUT2D eigenvalue weighted by molar-refractivity contribution is 7.11. The standard InChI is InChI=1S/C13H15N3OS/c1-8-5-6-9(18-8)7-14-13(17)12-10-3-2-4-11(10)15-16-12/h5-6H,2-4,7H2,1H3,(H,14,17)(H,15,16). The molecule has 1 aliphatic carbocycles. The van der Waals surface area contributed by atoms with Crippen molar-refractivity contribution in [2.24, 2.45) is 0 Å². The number of H-pyrrole nitrogens is 1. The van der Waals surface area contributed by atoms with Crippen molar-refractivity contribution in [2.45, 2.75) is 32.7 Å². The van der Waals surface area contributed by atoms with Crippen LogP contribution >= 0.6 is 11.3 Å². The van der Waals surface area contributed by atoms with Gasteiger partial charge >= 0.3 is 0 Å². The minimum atomic E-state index is -0.0690. The molecule has 2 aromatic rings. The Hall–Kier alpha value is -1.62. The molecule has 0 radical (unpaired) electrons. The Morgan fingerprint density at radius 2 is 2.39 bits per heavy atom. The largest absolute Gasteiger partial charge is 0.346 e. The van der Waals surface area contributed by atoms with Crippen LogP contribution in [-0.2, 0) is 19.4 Å². The van der Waals surface area contributed by atoms with Crippen molar-refractivity contribution in [3.05, 3.63) is 38.8 Å². The molecule has 18 heavy (non-hydrogen) atoms. The fourth-order valence-corrected chi connectivity index (χ4v) is 3.17. The lowest BCUT2D eigenvalue weighted by Crippen LogP contribution is -2.23. The Morgan fingerprint density at radius 3 is 3.17 bits per heavy atom. The van der Waals surface area contributed by atoms with Crippen LogP contribution in [0.25, 0.3) is 0 Å². The molecule has 0 bridgehead atoms. The minimum absolute atomic E-state index is 0.0690. The molecule has 0 spiro atoms. The second-order valence-corrected chi connectivity index (χ2v) is 5.95. The SMILES string of the molecule is Cc1ccc(CNC(=O)c2n[nH]c3c2CCC3)s1. The Labute approximate surface area is 109 Å². The van der Waals surface area contributed by atoms with Gasteiger partial charge in [0.15, 0.2) is 5.69 Å². The van der Waals surface area contributed by atoms with Gasteiger partial charge in [-0.15, -0.1) is 11.3 Å². The van der Waals surface area contributed by atoms with Gasteiger partial charge in [0.25, 0.3) is 5.91 Å². The number of nitrogens with zero attached hydrogens (tertiary/aromatic N) is 1. The predicted octanol–water partition coefficient (Wildman–Crippen LogP) is 2.20. The summed E-state index contributed by atoms with van der Waals surface area (Å²) < 4.78 is 0. The zero-order chi connectivity index (χ0) is 12.5. The molecule has 2 aromatic heterocycles. The molecule has 2 heterocycles. The number of fused-ring (bicyclic) bond motifs is 1. The second-order valence-electron chi connectivity index (χ2n) is 4.58. The van der Waals surface area contributed by atoms with E-state index in [-0.39, 0.29) is 5.91 Å². The zero-order valence-electron chi connectivity index (χ0n) is 10.2. The number of hydrogen-bond donors (Lipinski definition) is 2. The number of aromatic nitrogens is 2. The normalized spacial score (nSPS) is 13.6. The van der Waals surface area contributed by atoms with Crippen LogP contribution in [0.4, 0.5) is 0 Å². The molecule has 0 fully saturated rings. The molecule has 0 unspecified atom stereocenters. The van der Waals surface area contributed by atoms with Crippen molar-refractivity contribution in [1.29, 1.82) is 0 Å². The first-order chi connectivity index (χ1) is 8.74. The Morgan fingerprint density at radius 1 is 1.50 bits per heavy atom. The highest BCUT2D eigenvalue weighted by atomic mass is 32.1. The summed E-state index contributed by atoms with van der Waals surface area (Å²) in [6.07, 6.45) is 3.10. The zero-order valence-corrected chi connectivity index (χ0v) is 11.1. The maximum Gasteiger partial charge on any atom is 0.272 e.